The van der Waals surface area contributed by atoms with Crippen LogP contribution in [0.25, 0.3) is 0 Å². The van der Waals surface area contributed by atoms with Crippen LogP contribution in [0.15, 0.2) is 36.9 Å². The van der Waals surface area contributed by atoms with E-state index in [1.54, 1.807) is 29.3 Å². The van der Waals surface area contributed by atoms with Gasteiger partial charge in [0.25, 0.3) is 5.91 Å². The quantitative estimate of drug-likeness (QED) is 0.556. The maximum absolute atomic E-state index is 13.2. The molecular weight excluding hydrogens is 462 g/mol. The number of hydrogen-bond donors (Lipinski definition) is 1. The minimum atomic E-state index is -0.295. The van der Waals surface area contributed by atoms with Gasteiger partial charge in [-0.05, 0) is 31.4 Å². The number of aromatic nitrogens is 6. The zero-order chi connectivity index (χ0) is 24.3. The zero-order valence-corrected chi connectivity index (χ0v) is 20.0. The first kappa shape index (κ1) is 22.7. The van der Waals surface area contributed by atoms with E-state index in [0.717, 1.165) is 30.4 Å². The van der Waals surface area contributed by atoms with Gasteiger partial charge in [0.05, 0.1) is 31.5 Å². The van der Waals surface area contributed by atoms with Crippen LogP contribution in [0.5, 0.6) is 5.75 Å². The van der Waals surface area contributed by atoms with Crippen LogP contribution in [-0.2, 0) is 17.9 Å². The molecule has 3 aliphatic heterocycles. The second kappa shape index (κ2) is 10.1. The lowest BCUT2D eigenvalue weighted by molar-refractivity contribution is 0.0345. The Bertz CT molecular complexity index is 1210. The molecule has 1 amide bonds. The number of piperidine rings is 1. The molecule has 2 saturated heterocycles. The molecule has 1 N–H and O–H groups in total. The normalized spacial score (nSPS) is 22.7. The van der Waals surface area contributed by atoms with E-state index in [1.807, 2.05) is 12.3 Å². The highest BCUT2D eigenvalue weighted by atomic mass is 16.5. The predicted molar refractivity (Wildman–Crippen MR) is 130 cm³/mol. The largest absolute Gasteiger partial charge is 0.489 e. The smallest absolute Gasteiger partial charge is 0.274 e. The van der Waals surface area contributed by atoms with E-state index in [4.69, 9.17) is 9.47 Å². The fourth-order valence-electron chi connectivity index (χ4n) is 4.94. The van der Waals surface area contributed by atoms with E-state index in [0.29, 0.717) is 38.6 Å². The number of amides is 1. The number of nitrogens with zero attached hydrogens (tertiary/aromatic N) is 8. The van der Waals surface area contributed by atoms with E-state index in [9.17, 15) is 4.79 Å². The van der Waals surface area contributed by atoms with Crippen LogP contribution in [0.2, 0.25) is 0 Å². The minimum Gasteiger partial charge on any atom is -0.489 e. The van der Waals surface area contributed by atoms with Gasteiger partial charge >= 0.3 is 0 Å². The van der Waals surface area contributed by atoms with Crippen LogP contribution < -0.4 is 19.9 Å². The summed E-state index contributed by atoms with van der Waals surface area (Å²) in [6.45, 7) is 4.26. The van der Waals surface area contributed by atoms with Crippen molar-refractivity contribution in [2.45, 2.75) is 44.6 Å². The molecule has 0 aliphatic carbocycles. The molecule has 12 nitrogen and oxygen atoms in total. The third-order valence-corrected chi connectivity index (χ3v) is 6.82. The zero-order valence-electron chi connectivity index (χ0n) is 20.0. The summed E-state index contributed by atoms with van der Waals surface area (Å²) < 4.78 is 13.8. The standard InChI is InChI=1S/C24H29N9O3/c34-24-23-19(5-4-6-25-23)35-10-9-33-12-17(29-30-33)15-36-20-14-32(13-18(20)28-24)22-11-21(26-16-27-22)31-7-2-1-3-8-31/h4-6,11-12,16,18,20H,1-3,7-10,13-15H2,(H,28,34)/t18-,20-/m0/s1. The molecule has 188 valence electrons. The average Bonchev–Trinajstić information content (AvgIpc) is 3.54. The number of nitrogens with one attached hydrogen (secondary N) is 1. The van der Waals surface area contributed by atoms with Gasteiger partial charge in [-0.3, -0.25) is 4.79 Å². The highest BCUT2D eigenvalue weighted by Crippen LogP contribution is 2.26. The highest BCUT2D eigenvalue weighted by molar-refractivity contribution is 5.95. The number of anilines is 2. The molecule has 12 heteroatoms. The van der Waals surface area contributed by atoms with Crippen molar-refractivity contribution < 1.29 is 14.3 Å². The first-order valence-electron chi connectivity index (χ1n) is 12.4. The summed E-state index contributed by atoms with van der Waals surface area (Å²) >= 11 is 0. The lowest BCUT2D eigenvalue weighted by Gasteiger charge is -2.28. The SMILES string of the molecule is O=C1N[C@H]2CN(c3cc(N4CCCCC4)ncn3)C[C@@H]2OCc2cn(nn2)CCOc2cccnc21. The summed E-state index contributed by atoms with van der Waals surface area (Å²) in [7, 11) is 0. The Kier molecular flexibility index (Phi) is 6.33. The van der Waals surface area contributed by atoms with E-state index < -0.39 is 0 Å². The summed E-state index contributed by atoms with van der Waals surface area (Å²) in [5.41, 5.74) is 0.979. The van der Waals surface area contributed by atoms with Gasteiger partial charge in [-0.15, -0.1) is 5.10 Å². The Morgan fingerprint density at radius 2 is 1.86 bits per heavy atom. The van der Waals surface area contributed by atoms with Crippen molar-refractivity contribution in [2.24, 2.45) is 0 Å². The molecule has 3 aliphatic rings. The molecule has 0 saturated carbocycles. The molecule has 2 bridgehead atoms. The topological polar surface area (TPSA) is 123 Å². The van der Waals surface area contributed by atoms with Crippen molar-refractivity contribution in [3.8, 4) is 5.75 Å². The second-order valence-electron chi connectivity index (χ2n) is 9.29. The Labute approximate surface area is 208 Å². The molecule has 0 spiro atoms. The monoisotopic (exact) mass is 491 g/mol. The molecule has 0 aromatic carbocycles. The fraction of sp³-hybridized carbons (Fsp3) is 0.500. The van der Waals surface area contributed by atoms with Crippen molar-refractivity contribution >= 4 is 17.5 Å². The van der Waals surface area contributed by atoms with Gasteiger partial charge in [0.15, 0.2) is 11.4 Å². The molecule has 3 aromatic rings. The van der Waals surface area contributed by atoms with Crippen molar-refractivity contribution in [1.29, 1.82) is 0 Å². The molecule has 36 heavy (non-hydrogen) atoms. The van der Waals surface area contributed by atoms with Gasteiger partial charge in [0.1, 0.15) is 30.3 Å². The third kappa shape index (κ3) is 4.81. The lowest BCUT2D eigenvalue weighted by atomic mass is 10.1. The van der Waals surface area contributed by atoms with Crippen LogP contribution >= 0.6 is 0 Å². The lowest BCUT2D eigenvalue weighted by Crippen LogP contribution is -2.44. The fourth-order valence-corrected chi connectivity index (χ4v) is 4.94. The van der Waals surface area contributed by atoms with Gasteiger partial charge in [-0.2, -0.15) is 0 Å². The number of rotatable bonds is 2. The van der Waals surface area contributed by atoms with Gasteiger partial charge in [-0.1, -0.05) is 5.21 Å². The van der Waals surface area contributed by atoms with E-state index in [1.165, 1.54) is 19.3 Å². The summed E-state index contributed by atoms with van der Waals surface area (Å²) in [6, 6.07) is 5.25. The van der Waals surface area contributed by atoms with Gasteiger partial charge in [0, 0.05) is 38.4 Å². The molecule has 3 aromatic heterocycles. The number of ether oxygens (including phenoxy) is 2. The number of carbonyl (C=O) groups is 1. The number of pyridine rings is 1. The Morgan fingerprint density at radius 1 is 1.00 bits per heavy atom. The van der Waals surface area contributed by atoms with Crippen molar-refractivity contribution in [1.82, 2.24) is 35.3 Å². The minimum absolute atomic E-state index is 0.250. The van der Waals surface area contributed by atoms with Gasteiger partial charge in [0.2, 0.25) is 0 Å². The highest BCUT2D eigenvalue weighted by Gasteiger charge is 2.36. The summed E-state index contributed by atoms with van der Waals surface area (Å²) in [5.74, 6) is 1.90. The molecule has 2 fully saturated rings. The van der Waals surface area contributed by atoms with Gasteiger partial charge in [-0.25, -0.2) is 19.6 Å². The summed E-state index contributed by atoms with van der Waals surface area (Å²) in [5, 5.41) is 11.5. The number of fused-ring (bicyclic) bond motifs is 4. The van der Waals surface area contributed by atoms with Crippen LogP contribution in [0.3, 0.4) is 0 Å². The molecule has 2 atom stereocenters. The van der Waals surface area contributed by atoms with Crippen molar-refractivity contribution in [3.63, 3.8) is 0 Å². The second-order valence-corrected chi connectivity index (χ2v) is 9.29. The van der Waals surface area contributed by atoms with Crippen LogP contribution in [0.1, 0.15) is 35.4 Å². The molecule has 0 radical (unpaired) electrons. The van der Waals surface area contributed by atoms with E-state index >= 15 is 0 Å². The Hall–Kier alpha value is -3.80. The third-order valence-electron chi connectivity index (χ3n) is 6.82. The van der Waals surface area contributed by atoms with Crippen LogP contribution in [0, 0.1) is 0 Å². The Balaban J connectivity index is 1.26. The molecule has 6 rings (SSSR count). The summed E-state index contributed by atoms with van der Waals surface area (Å²) in [4.78, 5) is 31.0. The summed E-state index contributed by atoms with van der Waals surface area (Å²) in [6.07, 6.45) is 8.41. The van der Waals surface area contributed by atoms with Crippen LogP contribution in [-0.4, -0.2) is 80.8 Å². The average molecular weight is 492 g/mol. The van der Waals surface area contributed by atoms with Gasteiger partial charge < -0.3 is 24.6 Å². The maximum atomic E-state index is 13.2. The first-order valence-corrected chi connectivity index (χ1v) is 12.4. The van der Waals surface area contributed by atoms with E-state index in [2.05, 4.69) is 40.4 Å². The number of carbonyl (C=O) groups excluding carboxylic acids is 1. The van der Waals surface area contributed by atoms with Crippen molar-refractivity contribution in [2.75, 3.05) is 42.6 Å². The predicted octanol–water partition coefficient (Wildman–Crippen LogP) is 1.05. The molecule has 0 unspecified atom stereocenters. The van der Waals surface area contributed by atoms with E-state index in [-0.39, 0.29) is 23.7 Å². The Morgan fingerprint density at radius 3 is 2.75 bits per heavy atom. The maximum Gasteiger partial charge on any atom is 0.274 e. The number of hydrogen-bond acceptors (Lipinski definition) is 10. The molecular formula is C24H29N9O3. The first-order chi connectivity index (χ1) is 17.7. The molecule has 6 heterocycles. The van der Waals surface area contributed by atoms with Crippen molar-refractivity contribution in [3.05, 3.63) is 48.3 Å². The van der Waals surface area contributed by atoms with Crippen LogP contribution in [0.4, 0.5) is 11.6 Å².